The van der Waals surface area contributed by atoms with Crippen molar-refractivity contribution < 1.29 is 13.9 Å². The summed E-state index contributed by atoms with van der Waals surface area (Å²) in [6.45, 7) is 0. The highest BCUT2D eigenvalue weighted by Gasteiger charge is 2.32. The number of halogens is 1. The van der Waals surface area contributed by atoms with Crippen molar-refractivity contribution in [3.63, 3.8) is 0 Å². The lowest BCUT2D eigenvalue weighted by atomic mass is 10.1. The van der Waals surface area contributed by atoms with Crippen molar-refractivity contribution >= 4 is 5.78 Å². The fourth-order valence-electron chi connectivity index (χ4n) is 1.32. The summed E-state index contributed by atoms with van der Waals surface area (Å²) in [7, 11) is 1.33. The van der Waals surface area contributed by atoms with Crippen molar-refractivity contribution in [2.45, 2.75) is 12.8 Å². The second-order valence-electron chi connectivity index (χ2n) is 3.32. The zero-order valence-electron chi connectivity index (χ0n) is 7.79. The Kier molecular flexibility index (Phi) is 2.19. The second kappa shape index (κ2) is 3.36. The summed E-state index contributed by atoms with van der Waals surface area (Å²) in [6.07, 6.45) is 3.11. The molecule has 1 aromatic rings. The van der Waals surface area contributed by atoms with Crippen LogP contribution in [0, 0.1) is 11.7 Å². The quantitative estimate of drug-likeness (QED) is 0.690. The van der Waals surface area contributed by atoms with Gasteiger partial charge >= 0.3 is 0 Å². The first-order valence-corrected chi connectivity index (χ1v) is 4.46. The van der Waals surface area contributed by atoms with Gasteiger partial charge in [0.05, 0.1) is 12.7 Å². The number of carbonyl (C=O) groups excluding carboxylic acids is 1. The van der Waals surface area contributed by atoms with Gasteiger partial charge in [-0.2, -0.15) is 0 Å². The lowest BCUT2D eigenvalue weighted by molar-refractivity contribution is 0.0962. The van der Waals surface area contributed by atoms with Crippen LogP contribution in [0.3, 0.4) is 0 Å². The largest absolute Gasteiger partial charge is 0.479 e. The van der Waals surface area contributed by atoms with Gasteiger partial charge in [0, 0.05) is 12.1 Å². The summed E-state index contributed by atoms with van der Waals surface area (Å²) >= 11 is 0. The highest BCUT2D eigenvalue weighted by atomic mass is 19.1. The smallest absolute Gasteiger partial charge is 0.250 e. The molecule has 1 saturated carbocycles. The molecule has 1 aromatic heterocycles. The molecule has 1 fully saturated rings. The van der Waals surface area contributed by atoms with Crippen molar-refractivity contribution in [1.29, 1.82) is 0 Å². The maximum absolute atomic E-state index is 13.5. The Balaban J connectivity index is 2.36. The van der Waals surface area contributed by atoms with Crippen molar-refractivity contribution in [3.8, 4) is 5.88 Å². The highest BCUT2D eigenvalue weighted by molar-refractivity contribution is 5.99. The van der Waals surface area contributed by atoms with Gasteiger partial charge in [-0.15, -0.1) is 0 Å². The molecule has 0 unspecified atom stereocenters. The number of hydrogen-bond acceptors (Lipinski definition) is 3. The van der Waals surface area contributed by atoms with E-state index in [4.69, 9.17) is 4.74 Å². The number of Topliss-reactive ketones (excluding diaryl/α,β-unsaturated/α-hetero) is 1. The fraction of sp³-hybridized carbons (Fsp3) is 0.400. The van der Waals surface area contributed by atoms with Crippen LogP contribution in [0.1, 0.15) is 23.2 Å². The van der Waals surface area contributed by atoms with Crippen molar-refractivity contribution in [2.75, 3.05) is 7.11 Å². The van der Waals surface area contributed by atoms with Gasteiger partial charge in [0.2, 0.25) is 0 Å². The molecule has 0 aromatic carbocycles. The minimum Gasteiger partial charge on any atom is -0.479 e. The highest BCUT2D eigenvalue weighted by Crippen LogP contribution is 2.34. The summed E-state index contributed by atoms with van der Waals surface area (Å²) < 4.78 is 18.2. The first kappa shape index (κ1) is 9.12. The van der Waals surface area contributed by atoms with Crippen molar-refractivity contribution in [2.24, 2.45) is 5.92 Å². The Morgan fingerprint density at radius 1 is 1.64 bits per heavy atom. The molecular weight excluding hydrogens is 185 g/mol. The molecule has 1 heterocycles. The number of methoxy groups -OCH3 is 1. The van der Waals surface area contributed by atoms with Gasteiger partial charge in [0.15, 0.2) is 11.6 Å². The van der Waals surface area contributed by atoms with E-state index in [0.717, 1.165) is 12.8 Å². The Bertz CT molecular complexity index is 374. The Hall–Kier alpha value is -1.45. The van der Waals surface area contributed by atoms with Gasteiger partial charge in [-0.3, -0.25) is 4.79 Å². The average molecular weight is 195 g/mol. The Morgan fingerprint density at radius 2 is 2.36 bits per heavy atom. The molecule has 0 aliphatic heterocycles. The number of pyridine rings is 1. The van der Waals surface area contributed by atoms with Crippen molar-refractivity contribution in [1.82, 2.24) is 4.98 Å². The first-order valence-electron chi connectivity index (χ1n) is 4.46. The fourth-order valence-corrected chi connectivity index (χ4v) is 1.32. The van der Waals surface area contributed by atoms with Gasteiger partial charge < -0.3 is 4.74 Å². The number of ketones is 1. The Morgan fingerprint density at radius 3 is 2.93 bits per heavy atom. The molecule has 0 saturated heterocycles. The second-order valence-corrected chi connectivity index (χ2v) is 3.32. The van der Waals surface area contributed by atoms with Crippen LogP contribution in [-0.4, -0.2) is 17.9 Å². The molecule has 0 atom stereocenters. The van der Waals surface area contributed by atoms with Crippen LogP contribution >= 0.6 is 0 Å². The molecule has 74 valence electrons. The zero-order chi connectivity index (χ0) is 10.1. The molecule has 0 spiro atoms. The van der Waals surface area contributed by atoms with E-state index < -0.39 is 5.82 Å². The predicted octanol–water partition coefficient (Wildman–Crippen LogP) is 1.82. The number of ether oxygens (including phenoxy) is 1. The van der Waals surface area contributed by atoms with E-state index in [-0.39, 0.29) is 23.1 Å². The number of rotatable bonds is 3. The molecule has 2 rings (SSSR count). The molecule has 1 aliphatic carbocycles. The van der Waals surface area contributed by atoms with E-state index in [2.05, 4.69) is 4.98 Å². The van der Waals surface area contributed by atoms with E-state index >= 15 is 0 Å². The molecular formula is C10H10FNO2. The first-order chi connectivity index (χ1) is 6.74. The van der Waals surface area contributed by atoms with Gasteiger partial charge in [-0.05, 0) is 18.9 Å². The lowest BCUT2D eigenvalue weighted by Crippen LogP contribution is -2.06. The number of aromatic nitrogens is 1. The van der Waals surface area contributed by atoms with E-state index in [1.54, 1.807) is 0 Å². The van der Waals surface area contributed by atoms with E-state index in [1.165, 1.54) is 19.4 Å². The third kappa shape index (κ3) is 1.47. The van der Waals surface area contributed by atoms with Crippen LogP contribution in [0.5, 0.6) is 5.88 Å². The van der Waals surface area contributed by atoms with Crippen LogP contribution in [-0.2, 0) is 0 Å². The monoisotopic (exact) mass is 195 g/mol. The molecule has 14 heavy (non-hydrogen) atoms. The molecule has 0 N–H and O–H groups in total. The third-order valence-corrected chi connectivity index (χ3v) is 2.26. The van der Waals surface area contributed by atoms with Gasteiger partial charge in [-0.25, -0.2) is 9.37 Å². The SMILES string of the molecule is COc1nccc(C(=O)C2CC2)c1F. The molecule has 3 nitrogen and oxygen atoms in total. The minimum atomic E-state index is -0.646. The van der Waals surface area contributed by atoms with Gasteiger partial charge in [0.1, 0.15) is 0 Å². The van der Waals surface area contributed by atoms with Crippen LogP contribution in [0.4, 0.5) is 4.39 Å². The average Bonchev–Trinajstić information content (AvgIpc) is 3.00. The molecule has 4 heteroatoms. The zero-order valence-corrected chi connectivity index (χ0v) is 7.79. The molecule has 0 amide bonds. The van der Waals surface area contributed by atoms with Gasteiger partial charge in [-0.1, -0.05) is 0 Å². The standard InChI is InChI=1S/C10H10FNO2/c1-14-10-8(11)7(4-5-12-10)9(13)6-2-3-6/h4-6H,2-3H2,1H3. The summed E-state index contributed by atoms with van der Waals surface area (Å²) in [5.41, 5.74) is 0.0966. The van der Waals surface area contributed by atoms with Gasteiger partial charge in [0.25, 0.3) is 5.88 Å². The van der Waals surface area contributed by atoms with Crippen LogP contribution < -0.4 is 4.74 Å². The van der Waals surface area contributed by atoms with Crippen molar-refractivity contribution in [3.05, 3.63) is 23.6 Å². The summed E-state index contributed by atoms with van der Waals surface area (Å²) in [5.74, 6) is -0.886. The Labute approximate surface area is 80.9 Å². The normalized spacial score (nSPS) is 15.3. The van der Waals surface area contributed by atoms with Crippen LogP contribution in [0.2, 0.25) is 0 Å². The summed E-state index contributed by atoms with van der Waals surface area (Å²) in [4.78, 5) is 15.2. The number of hydrogen-bond donors (Lipinski definition) is 0. The molecule has 1 aliphatic rings. The van der Waals surface area contributed by atoms with E-state index in [0.29, 0.717) is 0 Å². The van der Waals surface area contributed by atoms with E-state index in [9.17, 15) is 9.18 Å². The molecule has 0 radical (unpaired) electrons. The predicted molar refractivity (Wildman–Crippen MR) is 47.8 cm³/mol. The van der Waals surface area contributed by atoms with Crippen LogP contribution in [0.15, 0.2) is 12.3 Å². The van der Waals surface area contributed by atoms with E-state index in [1.807, 2.05) is 0 Å². The number of nitrogens with zero attached hydrogens (tertiary/aromatic N) is 1. The lowest BCUT2D eigenvalue weighted by Gasteiger charge is -2.04. The minimum absolute atomic E-state index is 0.0107. The maximum atomic E-state index is 13.5. The molecule has 0 bridgehead atoms. The third-order valence-electron chi connectivity index (χ3n) is 2.26. The maximum Gasteiger partial charge on any atom is 0.250 e. The summed E-state index contributed by atoms with van der Waals surface area (Å²) in [6, 6.07) is 1.40. The summed E-state index contributed by atoms with van der Waals surface area (Å²) in [5, 5.41) is 0. The van der Waals surface area contributed by atoms with Crippen LogP contribution in [0.25, 0.3) is 0 Å². The topological polar surface area (TPSA) is 39.2 Å². The number of carbonyl (C=O) groups is 1.